The highest BCUT2D eigenvalue weighted by Crippen LogP contribution is 2.28. The van der Waals surface area contributed by atoms with Gasteiger partial charge in [0.05, 0.1) is 11.2 Å². The number of nitrogens with zero attached hydrogens (tertiary/aromatic N) is 1. The fourth-order valence-corrected chi connectivity index (χ4v) is 4.29. The van der Waals surface area contributed by atoms with Gasteiger partial charge in [0.1, 0.15) is 5.75 Å². The van der Waals surface area contributed by atoms with Gasteiger partial charge in [-0.25, -0.2) is 9.78 Å². The maximum Gasteiger partial charge on any atom is 0.573 e. The molecular formula is C31H24F6N2O5. The lowest BCUT2D eigenvalue weighted by atomic mass is 9.98. The number of unbranched alkanes of at least 4 members (excludes halogenated alkanes) is 1. The predicted molar refractivity (Wildman–Crippen MR) is 146 cm³/mol. The molecule has 0 radical (unpaired) electrons. The quantitative estimate of drug-likeness (QED) is 0.0884. The molecule has 0 spiro atoms. The van der Waals surface area contributed by atoms with Crippen molar-refractivity contribution in [2.45, 2.75) is 44.8 Å². The molecule has 13 heteroatoms. The zero-order chi connectivity index (χ0) is 31.9. The number of hydrogen-bond donors (Lipinski definition) is 1. The SMILES string of the molecule is O=C(CCCCc1cc2cc(C(=O)NCc3ccc(OC(F)(F)F)cc3)ccc2nc1-c1ccccc1)OC(=O)C(F)(F)F. The first-order valence-corrected chi connectivity index (χ1v) is 13.2. The first-order chi connectivity index (χ1) is 20.8. The molecule has 3 aromatic carbocycles. The summed E-state index contributed by atoms with van der Waals surface area (Å²) in [5.41, 5.74) is 3.69. The molecule has 0 aliphatic heterocycles. The summed E-state index contributed by atoms with van der Waals surface area (Å²) < 4.78 is 81.7. The van der Waals surface area contributed by atoms with Crippen LogP contribution < -0.4 is 10.1 Å². The Bertz CT molecular complexity index is 1640. The van der Waals surface area contributed by atoms with Crippen LogP contribution in [0.3, 0.4) is 0 Å². The number of pyridine rings is 1. The van der Waals surface area contributed by atoms with Gasteiger partial charge in [-0.15, -0.1) is 13.2 Å². The van der Waals surface area contributed by atoms with Gasteiger partial charge in [0.2, 0.25) is 0 Å². The van der Waals surface area contributed by atoms with Crippen LogP contribution in [0.2, 0.25) is 0 Å². The number of ether oxygens (including phenoxy) is 2. The lowest BCUT2D eigenvalue weighted by molar-refractivity contribution is -0.274. The molecule has 0 fully saturated rings. The lowest BCUT2D eigenvalue weighted by Gasteiger charge is -2.13. The van der Waals surface area contributed by atoms with Crippen LogP contribution in [0.1, 0.15) is 40.7 Å². The maximum atomic E-state index is 12.9. The standard InChI is InChI=1S/C31H24F6N2O5/c32-30(33,34)29(42)43-26(40)9-5-4-8-21-16-23-17-22(12-15-25(23)39-27(21)20-6-2-1-3-7-20)28(41)38-18-19-10-13-24(14-11-19)44-31(35,36)37/h1-3,6-7,10-17H,4-5,8-9,18H2,(H,38,41). The Hall–Kier alpha value is -4.94. The van der Waals surface area contributed by atoms with Crippen molar-refractivity contribution in [2.75, 3.05) is 0 Å². The topological polar surface area (TPSA) is 94.6 Å². The maximum absolute atomic E-state index is 12.9. The molecule has 4 aromatic rings. The van der Waals surface area contributed by atoms with Gasteiger partial charge in [-0.3, -0.25) is 9.59 Å². The molecule has 0 atom stereocenters. The summed E-state index contributed by atoms with van der Waals surface area (Å²) in [6.07, 6.45) is -9.54. The molecular weight excluding hydrogens is 594 g/mol. The molecule has 4 rings (SSSR count). The Balaban J connectivity index is 1.46. The van der Waals surface area contributed by atoms with Crippen LogP contribution in [-0.2, 0) is 27.3 Å². The van der Waals surface area contributed by atoms with Crippen molar-refractivity contribution in [1.82, 2.24) is 10.3 Å². The Morgan fingerprint density at radius 1 is 0.818 bits per heavy atom. The molecule has 1 amide bonds. The molecule has 0 saturated carbocycles. The Labute approximate surface area is 246 Å². The van der Waals surface area contributed by atoms with E-state index < -0.39 is 30.4 Å². The fourth-order valence-electron chi connectivity index (χ4n) is 4.29. The minimum atomic E-state index is -5.26. The number of fused-ring (bicyclic) bond motifs is 1. The van der Waals surface area contributed by atoms with E-state index in [-0.39, 0.29) is 25.1 Å². The van der Waals surface area contributed by atoms with Crippen molar-refractivity contribution < 1.29 is 50.2 Å². The zero-order valence-electron chi connectivity index (χ0n) is 22.8. The van der Waals surface area contributed by atoms with Crippen molar-refractivity contribution in [1.29, 1.82) is 0 Å². The van der Waals surface area contributed by atoms with Crippen LogP contribution in [0.4, 0.5) is 26.3 Å². The molecule has 0 saturated heterocycles. The van der Waals surface area contributed by atoms with Crippen LogP contribution >= 0.6 is 0 Å². The van der Waals surface area contributed by atoms with Gasteiger partial charge in [0, 0.05) is 29.5 Å². The molecule has 7 nitrogen and oxygen atoms in total. The van der Waals surface area contributed by atoms with Gasteiger partial charge in [-0.1, -0.05) is 42.5 Å². The number of carbonyl (C=O) groups is 3. The van der Waals surface area contributed by atoms with Crippen molar-refractivity contribution in [3.63, 3.8) is 0 Å². The minimum Gasteiger partial charge on any atom is -0.406 e. The molecule has 1 aromatic heterocycles. The van der Waals surface area contributed by atoms with E-state index in [1.807, 2.05) is 36.4 Å². The number of aromatic nitrogens is 1. The number of aryl methyl sites for hydroxylation is 1. The number of hydrogen-bond acceptors (Lipinski definition) is 6. The second-order valence-corrected chi connectivity index (χ2v) is 9.61. The molecule has 0 aliphatic rings. The van der Waals surface area contributed by atoms with E-state index in [1.54, 1.807) is 18.2 Å². The number of rotatable bonds is 10. The Kier molecular flexibility index (Phi) is 9.87. The number of alkyl halides is 6. The Morgan fingerprint density at radius 2 is 1.52 bits per heavy atom. The highest BCUT2D eigenvalue weighted by molar-refractivity contribution is 5.98. The highest BCUT2D eigenvalue weighted by Gasteiger charge is 2.42. The van der Waals surface area contributed by atoms with Crippen LogP contribution in [0.5, 0.6) is 5.75 Å². The fraction of sp³-hybridized carbons (Fsp3) is 0.226. The molecule has 1 heterocycles. The van der Waals surface area contributed by atoms with Crippen LogP contribution in [-0.4, -0.2) is 35.4 Å². The smallest absolute Gasteiger partial charge is 0.406 e. The highest BCUT2D eigenvalue weighted by atomic mass is 19.4. The van der Waals surface area contributed by atoms with E-state index in [4.69, 9.17) is 4.98 Å². The molecule has 44 heavy (non-hydrogen) atoms. The number of nitrogens with one attached hydrogen (secondary N) is 1. The van der Waals surface area contributed by atoms with Crippen LogP contribution in [0.25, 0.3) is 22.2 Å². The molecule has 1 N–H and O–H groups in total. The van der Waals surface area contributed by atoms with Gasteiger partial charge in [0.15, 0.2) is 0 Å². The van der Waals surface area contributed by atoms with Gasteiger partial charge in [0.25, 0.3) is 5.91 Å². The first kappa shape index (κ1) is 32.0. The average Bonchev–Trinajstić information content (AvgIpc) is 2.97. The van der Waals surface area contributed by atoms with Gasteiger partial charge in [-0.2, -0.15) is 13.2 Å². The van der Waals surface area contributed by atoms with Crippen molar-refractivity contribution in [3.8, 4) is 17.0 Å². The van der Waals surface area contributed by atoms with E-state index in [9.17, 15) is 40.7 Å². The summed E-state index contributed by atoms with van der Waals surface area (Å²) in [5.74, 6) is -4.63. The third-order valence-electron chi connectivity index (χ3n) is 6.33. The molecule has 0 aliphatic carbocycles. The van der Waals surface area contributed by atoms with E-state index in [1.165, 1.54) is 12.1 Å². The molecule has 230 valence electrons. The van der Waals surface area contributed by atoms with E-state index in [0.29, 0.717) is 40.6 Å². The van der Waals surface area contributed by atoms with E-state index in [0.717, 1.165) is 23.3 Å². The number of carbonyl (C=O) groups excluding carboxylic acids is 3. The van der Waals surface area contributed by atoms with E-state index >= 15 is 0 Å². The largest absolute Gasteiger partial charge is 0.573 e. The predicted octanol–water partition coefficient (Wildman–Crippen LogP) is 7.08. The van der Waals surface area contributed by atoms with Crippen LogP contribution in [0, 0.1) is 0 Å². The average molecular weight is 619 g/mol. The van der Waals surface area contributed by atoms with Gasteiger partial charge >= 0.3 is 24.5 Å². The number of halogens is 6. The van der Waals surface area contributed by atoms with Gasteiger partial charge < -0.3 is 14.8 Å². The number of esters is 2. The monoisotopic (exact) mass is 618 g/mol. The number of benzene rings is 3. The third-order valence-corrected chi connectivity index (χ3v) is 6.33. The summed E-state index contributed by atoms with van der Waals surface area (Å²) in [6.45, 7) is 0.0522. The summed E-state index contributed by atoms with van der Waals surface area (Å²) in [5, 5.41) is 3.35. The Morgan fingerprint density at radius 3 is 2.18 bits per heavy atom. The zero-order valence-corrected chi connectivity index (χ0v) is 22.8. The normalized spacial score (nSPS) is 11.7. The first-order valence-electron chi connectivity index (χ1n) is 13.2. The van der Waals surface area contributed by atoms with Crippen LogP contribution in [0.15, 0.2) is 78.9 Å². The van der Waals surface area contributed by atoms with Crippen molar-refractivity contribution in [2.24, 2.45) is 0 Å². The lowest BCUT2D eigenvalue weighted by Crippen LogP contribution is -2.27. The molecule has 0 unspecified atom stereocenters. The van der Waals surface area contributed by atoms with Crippen molar-refractivity contribution in [3.05, 3.63) is 95.6 Å². The number of amides is 1. The summed E-state index contributed by atoms with van der Waals surface area (Å²) in [4.78, 5) is 40.1. The second kappa shape index (κ2) is 13.6. The third kappa shape index (κ3) is 9.03. The summed E-state index contributed by atoms with van der Waals surface area (Å²) in [7, 11) is 0. The summed E-state index contributed by atoms with van der Waals surface area (Å²) in [6, 6.07) is 21.1. The summed E-state index contributed by atoms with van der Waals surface area (Å²) >= 11 is 0. The van der Waals surface area contributed by atoms with Gasteiger partial charge in [-0.05, 0) is 66.8 Å². The second-order valence-electron chi connectivity index (χ2n) is 9.61. The van der Waals surface area contributed by atoms with E-state index in [2.05, 4.69) is 14.8 Å². The van der Waals surface area contributed by atoms with Crippen molar-refractivity contribution >= 4 is 28.7 Å². The minimum absolute atomic E-state index is 0.0522. The molecule has 0 bridgehead atoms.